The van der Waals surface area contributed by atoms with Crippen molar-refractivity contribution in [2.45, 2.75) is 6.61 Å². The molecule has 0 saturated heterocycles. The minimum atomic E-state index is -0.621. The summed E-state index contributed by atoms with van der Waals surface area (Å²) in [6.45, 7) is -0.0878. The van der Waals surface area contributed by atoms with Crippen LogP contribution in [-0.2, 0) is 11.3 Å². The van der Waals surface area contributed by atoms with E-state index in [1.807, 2.05) is 0 Å². The number of pyridine rings is 1. The molecule has 98 valence electrons. The summed E-state index contributed by atoms with van der Waals surface area (Å²) in [4.78, 5) is 15.5. The zero-order valence-corrected chi connectivity index (χ0v) is 10.5. The molecule has 6 heteroatoms. The number of carbonyl (C=O) groups is 1. The van der Waals surface area contributed by atoms with Gasteiger partial charge in [-0.05, 0) is 24.3 Å². The highest BCUT2D eigenvalue weighted by molar-refractivity contribution is 6.31. The summed E-state index contributed by atoms with van der Waals surface area (Å²) in [5, 5.41) is 0.383. The van der Waals surface area contributed by atoms with Gasteiger partial charge >= 0.3 is 5.97 Å². The Balaban J connectivity index is 2.07. The van der Waals surface area contributed by atoms with Crippen molar-refractivity contribution in [2.75, 3.05) is 5.73 Å². The van der Waals surface area contributed by atoms with Gasteiger partial charge in [-0.2, -0.15) is 0 Å². The molecule has 4 nitrogen and oxygen atoms in total. The second-order valence-corrected chi connectivity index (χ2v) is 4.26. The van der Waals surface area contributed by atoms with Crippen molar-refractivity contribution in [1.82, 2.24) is 4.98 Å². The fraction of sp³-hybridized carbons (Fsp3) is 0.0769. The summed E-state index contributed by atoms with van der Waals surface area (Å²) in [7, 11) is 0. The van der Waals surface area contributed by atoms with Crippen LogP contribution in [0.25, 0.3) is 0 Å². The number of nitrogen functional groups attached to an aromatic ring is 1. The van der Waals surface area contributed by atoms with Crippen molar-refractivity contribution in [3.63, 3.8) is 0 Å². The van der Waals surface area contributed by atoms with Gasteiger partial charge in [0.05, 0.1) is 11.8 Å². The molecule has 0 amide bonds. The molecule has 1 aromatic carbocycles. The molecule has 0 aliphatic rings. The average molecular weight is 281 g/mol. The molecule has 0 fully saturated rings. The van der Waals surface area contributed by atoms with Gasteiger partial charge in [0, 0.05) is 22.5 Å². The minimum Gasteiger partial charge on any atom is -0.457 e. The van der Waals surface area contributed by atoms with Crippen LogP contribution in [0.3, 0.4) is 0 Å². The standard InChI is InChI=1S/C13H10ClFN2O2/c14-9-1-2-12(16)11(4-9)13(18)19-7-8-3-10(15)6-17-5-8/h1-6H,7,16H2. The van der Waals surface area contributed by atoms with Crippen molar-refractivity contribution < 1.29 is 13.9 Å². The van der Waals surface area contributed by atoms with E-state index < -0.39 is 11.8 Å². The van der Waals surface area contributed by atoms with E-state index in [4.69, 9.17) is 22.1 Å². The van der Waals surface area contributed by atoms with Crippen LogP contribution in [0, 0.1) is 5.82 Å². The highest BCUT2D eigenvalue weighted by Gasteiger charge is 2.12. The Labute approximate surface area is 114 Å². The monoisotopic (exact) mass is 280 g/mol. The topological polar surface area (TPSA) is 65.2 Å². The Bertz CT molecular complexity index is 619. The Morgan fingerprint density at radius 3 is 2.89 bits per heavy atom. The Kier molecular flexibility index (Phi) is 3.97. The number of halogens is 2. The summed E-state index contributed by atoms with van der Waals surface area (Å²) in [6, 6.07) is 5.75. The molecule has 1 heterocycles. The fourth-order valence-electron chi connectivity index (χ4n) is 1.47. The van der Waals surface area contributed by atoms with Crippen molar-refractivity contribution in [3.8, 4) is 0 Å². The van der Waals surface area contributed by atoms with Gasteiger partial charge < -0.3 is 10.5 Å². The maximum Gasteiger partial charge on any atom is 0.340 e. The number of aromatic nitrogens is 1. The number of carbonyl (C=O) groups excluding carboxylic acids is 1. The summed E-state index contributed by atoms with van der Waals surface area (Å²) >= 11 is 5.78. The van der Waals surface area contributed by atoms with Crippen molar-refractivity contribution in [1.29, 1.82) is 0 Å². The van der Waals surface area contributed by atoms with Crippen LogP contribution in [0.1, 0.15) is 15.9 Å². The molecule has 1 aromatic heterocycles. The van der Waals surface area contributed by atoms with E-state index in [0.29, 0.717) is 10.6 Å². The van der Waals surface area contributed by atoms with E-state index in [1.165, 1.54) is 24.4 Å². The van der Waals surface area contributed by atoms with Gasteiger partial charge in [-0.3, -0.25) is 4.98 Å². The molecule has 0 aliphatic heterocycles. The van der Waals surface area contributed by atoms with Gasteiger partial charge in [0.1, 0.15) is 12.4 Å². The summed E-state index contributed by atoms with van der Waals surface area (Å²) in [5.41, 5.74) is 6.55. The number of rotatable bonds is 3. The van der Waals surface area contributed by atoms with Crippen LogP contribution in [-0.4, -0.2) is 11.0 Å². The van der Waals surface area contributed by atoms with Gasteiger partial charge in [0.2, 0.25) is 0 Å². The number of anilines is 1. The van der Waals surface area contributed by atoms with Crippen molar-refractivity contribution >= 4 is 23.3 Å². The Morgan fingerprint density at radius 1 is 1.37 bits per heavy atom. The second kappa shape index (κ2) is 5.67. The third-order valence-corrected chi connectivity index (χ3v) is 2.60. The molecule has 0 unspecified atom stereocenters. The molecule has 0 radical (unpaired) electrons. The molecule has 2 aromatic rings. The molecule has 0 spiro atoms. The van der Waals surface area contributed by atoms with Crippen LogP contribution < -0.4 is 5.73 Å². The summed E-state index contributed by atoms with van der Waals surface area (Å²) < 4.78 is 17.9. The van der Waals surface area contributed by atoms with E-state index >= 15 is 0 Å². The number of nitrogens with two attached hydrogens (primary N) is 1. The largest absolute Gasteiger partial charge is 0.457 e. The minimum absolute atomic E-state index is 0.0878. The highest BCUT2D eigenvalue weighted by Crippen LogP contribution is 2.19. The molecular weight excluding hydrogens is 271 g/mol. The van der Waals surface area contributed by atoms with Crippen LogP contribution in [0.2, 0.25) is 5.02 Å². The summed E-state index contributed by atoms with van der Waals surface area (Å²) in [5.74, 6) is -1.11. The lowest BCUT2D eigenvalue weighted by atomic mass is 10.2. The number of ether oxygens (including phenoxy) is 1. The average Bonchev–Trinajstić information content (AvgIpc) is 2.39. The third-order valence-electron chi connectivity index (χ3n) is 2.37. The lowest BCUT2D eigenvalue weighted by Crippen LogP contribution is -2.08. The maximum atomic E-state index is 12.9. The van der Waals surface area contributed by atoms with E-state index in [-0.39, 0.29) is 17.9 Å². The number of hydrogen-bond donors (Lipinski definition) is 1. The number of esters is 1. The molecule has 0 aliphatic carbocycles. The van der Waals surface area contributed by atoms with Gasteiger partial charge in [-0.15, -0.1) is 0 Å². The van der Waals surface area contributed by atoms with Crippen LogP contribution in [0.4, 0.5) is 10.1 Å². The second-order valence-electron chi connectivity index (χ2n) is 3.82. The van der Waals surface area contributed by atoms with E-state index in [2.05, 4.69) is 4.98 Å². The van der Waals surface area contributed by atoms with Crippen molar-refractivity contribution in [2.24, 2.45) is 0 Å². The molecule has 0 bridgehead atoms. The number of benzene rings is 1. The first kappa shape index (κ1) is 13.3. The highest BCUT2D eigenvalue weighted by atomic mass is 35.5. The van der Waals surface area contributed by atoms with Gasteiger partial charge in [0.25, 0.3) is 0 Å². The Morgan fingerprint density at radius 2 is 2.16 bits per heavy atom. The van der Waals surface area contributed by atoms with Gasteiger partial charge in [-0.1, -0.05) is 11.6 Å². The first-order valence-corrected chi connectivity index (χ1v) is 5.75. The quantitative estimate of drug-likeness (QED) is 0.693. The fourth-order valence-corrected chi connectivity index (χ4v) is 1.64. The first-order chi connectivity index (χ1) is 9.06. The van der Waals surface area contributed by atoms with E-state index in [9.17, 15) is 9.18 Å². The zero-order valence-electron chi connectivity index (χ0n) is 9.77. The molecule has 0 saturated carbocycles. The SMILES string of the molecule is Nc1ccc(Cl)cc1C(=O)OCc1cncc(F)c1. The van der Waals surface area contributed by atoms with Crippen LogP contribution in [0.5, 0.6) is 0 Å². The third kappa shape index (κ3) is 3.42. The number of hydrogen-bond acceptors (Lipinski definition) is 4. The molecule has 2 rings (SSSR count). The van der Waals surface area contributed by atoms with E-state index in [1.54, 1.807) is 6.07 Å². The molecular formula is C13H10ClFN2O2. The van der Waals surface area contributed by atoms with Gasteiger partial charge in [0.15, 0.2) is 0 Å². The first-order valence-electron chi connectivity index (χ1n) is 5.38. The maximum absolute atomic E-state index is 12.9. The van der Waals surface area contributed by atoms with E-state index in [0.717, 1.165) is 6.20 Å². The molecule has 19 heavy (non-hydrogen) atoms. The predicted octanol–water partition coefficient (Wildman–Crippen LogP) is 2.81. The number of nitrogens with zero attached hydrogens (tertiary/aromatic N) is 1. The summed E-state index contributed by atoms with van der Waals surface area (Å²) in [6.07, 6.45) is 2.48. The molecule has 0 atom stereocenters. The van der Waals surface area contributed by atoms with Gasteiger partial charge in [-0.25, -0.2) is 9.18 Å². The predicted molar refractivity (Wildman–Crippen MR) is 69.2 cm³/mol. The Hall–Kier alpha value is -2.14. The van der Waals surface area contributed by atoms with Crippen LogP contribution >= 0.6 is 11.6 Å². The lowest BCUT2D eigenvalue weighted by molar-refractivity contribution is 0.0473. The van der Waals surface area contributed by atoms with Crippen molar-refractivity contribution in [3.05, 3.63) is 58.6 Å². The lowest BCUT2D eigenvalue weighted by Gasteiger charge is -2.07. The molecule has 2 N–H and O–H groups in total. The smallest absolute Gasteiger partial charge is 0.340 e. The zero-order chi connectivity index (χ0) is 13.8. The van der Waals surface area contributed by atoms with Crippen LogP contribution in [0.15, 0.2) is 36.7 Å². The normalized spacial score (nSPS) is 10.2.